The van der Waals surface area contributed by atoms with Crippen LogP contribution in [0.15, 0.2) is 12.1 Å². The lowest BCUT2D eigenvalue weighted by Crippen LogP contribution is -2.27. The number of amides is 1. The van der Waals surface area contributed by atoms with Gasteiger partial charge in [0.25, 0.3) is 0 Å². The zero-order chi connectivity index (χ0) is 17.8. The van der Waals surface area contributed by atoms with Crippen molar-refractivity contribution in [1.29, 1.82) is 0 Å². The molecule has 0 bridgehead atoms. The lowest BCUT2D eigenvalue weighted by molar-refractivity contribution is -0.116. The van der Waals surface area contributed by atoms with Crippen molar-refractivity contribution in [1.82, 2.24) is 9.78 Å². The van der Waals surface area contributed by atoms with E-state index in [0.29, 0.717) is 22.0 Å². The molecule has 1 amide bonds. The minimum absolute atomic E-state index is 0.155. The average molecular weight is 350 g/mol. The van der Waals surface area contributed by atoms with E-state index in [1.54, 1.807) is 30.8 Å². The number of carbonyl (C=O) groups is 1. The van der Waals surface area contributed by atoms with Gasteiger partial charge in [-0.15, -0.1) is 0 Å². The molecular weight excluding hydrogens is 329 g/mol. The average Bonchev–Trinajstić information content (AvgIpc) is 2.81. The van der Waals surface area contributed by atoms with E-state index < -0.39 is 5.92 Å². The van der Waals surface area contributed by atoms with E-state index in [4.69, 9.17) is 11.6 Å². The number of hydrogen-bond acceptors (Lipinski definition) is 2. The van der Waals surface area contributed by atoms with Crippen LogP contribution >= 0.6 is 11.6 Å². The van der Waals surface area contributed by atoms with Crippen LogP contribution in [0.4, 0.5) is 10.2 Å². The molecule has 1 aliphatic heterocycles. The molecule has 0 saturated carbocycles. The van der Waals surface area contributed by atoms with Crippen molar-refractivity contribution in [2.45, 2.75) is 45.4 Å². The Kier molecular flexibility index (Phi) is 3.95. The zero-order valence-electron chi connectivity index (χ0n) is 14.5. The lowest BCUT2D eigenvalue weighted by Gasteiger charge is -2.28. The Labute approximate surface area is 146 Å². The fourth-order valence-electron chi connectivity index (χ4n) is 3.29. The molecule has 0 spiro atoms. The highest BCUT2D eigenvalue weighted by atomic mass is 35.5. The Morgan fingerprint density at radius 2 is 2.00 bits per heavy atom. The zero-order valence-corrected chi connectivity index (χ0v) is 15.3. The quantitative estimate of drug-likeness (QED) is 0.834. The van der Waals surface area contributed by atoms with Crippen LogP contribution < -0.4 is 5.32 Å². The fourth-order valence-corrected chi connectivity index (χ4v) is 3.57. The molecule has 1 aromatic carbocycles. The molecule has 3 rings (SSSR count). The van der Waals surface area contributed by atoms with E-state index in [-0.39, 0.29) is 23.6 Å². The number of fused-ring (bicyclic) bond motifs is 1. The van der Waals surface area contributed by atoms with Gasteiger partial charge in [-0.25, -0.2) is 4.39 Å². The van der Waals surface area contributed by atoms with Crippen LogP contribution in [0.25, 0.3) is 0 Å². The van der Waals surface area contributed by atoms with Gasteiger partial charge in [-0.2, -0.15) is 5.10 Å². The van der Waals surface area contributed by atoms with Gasteiger partial charge in [0.1, 0.15) is 11.6 Å². The van der Waals surface area contributed by atoms with E-state index in [2.05, 4.69) is 31.2 Å². The number of benzene rings is 1. The number of halogens is 2. The Balaban J connectivity index is 2.31. The highest BCUT2D eigenvalue weighted by Crippen LogP contribution is 2.45. The minimum atomic E-state index is -0.441. The topological polar surface area (TPSA) is 46.9 Å². The van der Waals surface area contributed by atoms with Crippen LogP contribution in [0.3, 0.4) is 0 Å². The highest BCUT2D eigenvalue weighted by Gasteiger charge is 2.38. The predicted molar refractivity (Wildman–Crippen MR) is 93.1 cm³/mol. The molecule has 128 valence electrons. The molecule has 1 atom stereocenters. The molecule has 2 heterocycles. The third-order valence-electron chi connectivity index (χ3n) is 4.46. The number of carbonyl (C=O) groups excluding carboxylic acids is 1. The van der Waals surface area contributed by atoms with Crippen LogP contribution in [-0.4, -0.2) is 15.7 Å². The van der Waals surface area contributed by atoms with Crippen molar-refractivity contribution in [3.8, 4) is 0 Å². The minimum Gasteiger partial charge on any atom is -0.311 e. The normalized spacial score (nSPS) is 17.6. The lowest BCUT2D eigenvalue weighted by atomic mass is 9.79. The number of nitrogens with zero attached hydrogens (tertiary/aromatic N) is 2. The summed E-state index contributed by atoms with van der Waals surface area (Å²) in [5.41, 5.74) is 2.37. The summed E-state index contributed by atoms with van der Waals surface area (Å²) in [6, 6.07) is 3.34. The van der Waals surface area contributed by atoms with Gasteiger partial charge >= 0.3 is 0 Å². The fraction of sp³-hybridized carbons (Fsp3) is 0.444. The van der Waals surface area contributed by atoms with Crippen molar-refractivity contribution in [2.24, 2.45) is 7.05 Å². The molecule has 24 heavy (non-hydrogen) atoms. The largest absolute Gasteiger partial charge is 0.311 e. The monoisotopic (exact) mass is 349 g/mol. The van der Waals surface area contributed by atoms with E-state index in [1.165, 1.54) is 0 Å². The summed E-state index contributed by atoms with van der Waals surface area (Å²) in [5.74, 6) is -0.327. The first-order chi connectivity index (χ1) is 11.1. The van der Waals surface area contributed by atoms with Crippen LogP contribution in [-0.2, 0) is 17.3 Å². The predicted octanol–water partition coefficient (Wildman–Crippen LogP) is 4.29. The van der Waals surface area contributed by atoms with E-state index >= 15 is 0 Å². The molecule has 0 aliphatic carbocycles. The first kappa shape index (κ1) is 17.0. The smallest absolute Gasteiger partial charge is 0.226 e. The maximum Gasteiger partial charge on any atom is 0.226 e. The number of nitrogens with one attached hydrogen (secondary N) is 1. The van der Waals surface area contributed by atoms with Crippen molar-refractivity contribution in [3.05, 3.63) is 45.4 Å². The van der Waals surface area contributed by atoms with Crippen molar-refractivity contribution in [3.63, 3.8) is 0 Å². The van der Waals surface area contributed by atoms with Gasteiger partial charge in [0.2, 0.25) is 5.91 Å². The van der Waals surface area contributed by atoms with Gasteiger partial charge in [-0.1, -0.05) is 38.4 Å². The molecular formula is C18H21ClFN3O. The summed E-state index contributed by atoms with van der Waals surface area (Å²) >= 11 is 6.32. The first-order valence-corrected chi connectivity index (χ1v) is 8.30. The Morgan fingerprint density at radius 3 is 2.62 bits per heavy atom. The summed E-state index contributed by atoms with van der Waals surface area (Å²) in [6.07, 6.45) is 0.155. The second kappa shape index (κ2) is 5.59. The highest BCUT2D eigenvalue weighted by molar-refractivity contribution is 6.31. The van der Waals surface area contributed by atoms with Gasteiger partial charge in [-0.05, 0) is 18.6 Å². The SMILES string of the molecule is Cc1ccc(Cl)c(C2CC(=O)Nc3c2c(C(C)(C)C)nn3C)c1F. The van der Waals surface area contributed by atoms with Gasteiger partial charge in [0.05, 0.1) is 5.69 Å². The summed E-state index contributed by atoms with van der Waals surface area (Å²) < 4.78 is 16.5. The molecule has 0 fully saturated rings. The van der Waals surface area contributed by atoms with Crippen molar-refractivity contribution >= 4 is 23.3 Å². The second-order valence-corrected chi connectivity index (χ2v) is 7.79. The Hall–Kier alpha value is -1.88. The summed E-state index contributed by atoms with van der Waals surface area (Å²) in [7, 11) is 1.78. The Bertz CT molecular complexity index is 836. The molecule has 2 aromatic rings. The third kappa shape index (κ3) is 2.61. The van der Waals surface area contributed by atoms with Gasteiger partial charge in [0, 0.05) is 41.0 Å². The number of anilines is 1. The molecule has 4 nitrogen and oxygen atoms in total. The van der Waals surface area contributed by atoms with E-state index in [1.807, 2.05) is 0 Å². The number of aromatic nitrogens is 2. The molecule has 1 unspecified atom stereocenters. The van der Waals surface area contributed by atoms with Gasteiger partial charge < -0.3 is 5.32 Å². The number of aryl methyl sites for hydroxylation is 2. The molecule has 1 aromatic heterocycles. The molecule has 6 heteroatoms. The summed E-state index contributed by atoms with van der Waals surface area (Å²) in [5, 5.41) is 7.80. The maximum absolute atomic E-state index is 14.9. The maximum atomic E-state index is 14.9. The summed E-state index contributed by atoms with van der Waals surface area (Å²) in [6.45, 7) is 7.86. The van der Waals surface area contributed by atoms with Crippen LogP contribution in [0.1, 0.15) is 55.5 Å². The van der Waals surface area contributed by atoms with Crippen LogP contribution in [0.2, 0.25) is 5.02 Å². The molecule has 0 radical (unpaired) electrons. The first-order valence-electron chi connectivity index (χ1n) is 7.93. The van der Waals surface area contributed by atoms with Crippen molar-refractivity contribution < 1.29 is 9.18 Å². The van der Waals surface area contributed by atoms with E-state index in [0.717, 1.165) is 11.3 Å². The van der Waals surface area contributed by atoms with Gasteiger partial charge in [-0.3, -0.25) is 9.48 Å². The summed E-state index contributed by atoms with van der Waals surface area (Å²) in [4.78, 5) is 12.2. The van der Waals surface area contributed by atoms with Gasteiger partial charge in [0.15, 0.2) is 0 Å². The van der Waals surface area contributed by atoms with Crippen molar-refractivity contribution in [2.75, 3.05) is 5.32 Å². The van der Waals surface area contributed by atoms with E-state index in [9.17, 15) is 9.18 Å². The number of hydrogen-bond donors (Lipinski definition) is 1. The second-order valence-electron chi connectivity index (χ2n) is 7.38. The molecule has 1 N–H and O–H groups in total. The van der Waals surface area contributed by atoms with Crippen LogP contribution in [0, 0.1) is 12.7 Å². The Morgan fingerprint density at radius 1 is 1.33 bits per heavy atom. The third-order valence-corrected chi connectivity index (χ3v) is 4.79. The molecule has 1 aliphatic rings. The molecule has 0 saturated heterocycles. The van der Waals surface area contributed by atoms with Crippen LogP contribution in [0.5, 0.6) is 0 Å². The standard InChI is InChI=1S/C18H21ClFN3O/c1-9-6-7-11(19)13(15(9)20)10-8-12(24)21-17-14(10)16(18(2,3)4)22-23(17)5/h6-7,10H,8H2,1-5H3,(H,21,24). The number of rotatable bonds is 1.